The first-order valence-electron chi connectivity index (χ1n) is 8.25. The van der Waals surface area contributed by atoms with Crippen LogP contribution in [0.2, 0.25) is 0 Å². The lowest BCUT2D eigenvalue weighted by atomic mass is 9.99. The Morgan fingerprint density at radius 1 is 1.19 bits per heavy atom. The Labute approximate surface area is 150 Å². The molecule has 1 aromatic carbocycles. The normalized spacial score (nSPS) is 14.0. The van der Waals surface area contributed by atoms with Crippen LogP contribution < -0.4 is 15.0 Å². The van der Waals surface area contributed by atoms with E-state index in [1.54, 1.807) is 18.0 Å². The van der Waals surface area contributed by atoms with E-state index in [0.717, 1.165) is 5.82 Å². The molecular formula is C18H18N6O2. The van der Waals surface area contributed by atoms with Crippen molar-refractivity contribution >= 4 is 17.4 Å². The standard InChI is InChI=1S/C18H18N6O2/c1-26-15-6-3-2-5-14(15)22-18(25)13-10-23(11-13)16-9-17(20-12-19-16)24-8-4-7-21-24/h2-9,12-13H,10-11H2,1H3,(H,22,25). The highest BCUT2D eigenvalue weighted by molar-refractivity contribution is 5.95. The Morgan fingerprint density at radius 3 is 2.77 bits per heavy atom. The Kier molecular flexibility index (Phi) is 4.22. The largest absolute Gasteiger partial charge is 0.495 e. The van der Waals surface area contributed by atoms with E-state index in [9.17, 15) is 4.79 Å². The van der Waals surface area contributed by atoms with E-state index in [0.29, 0.717) is 30.3 Å². The summed E-state index contributed by atoms with van der Waals surface area (Å²) < 4.78 is 6.94. The van der Waals surface area contributed by atoms with Crippen molar-refractivity contribution in [3.63, 3.8) is 0 Å². The van der Waals surface area contributed by atoms with Crippen LogP contribution in [-0.2, 0) is 4.79 Å². The minimum atomic E-state index is -0.0944. The average molecular weight is 350 g/mol. The molecule has 0 unspecified atom stereocenters. The van der Waals surface area contributed by atoms with Gasteiger partial charge in [-0.15, -0.1) is 0 Å². The van der Waals surface area contributed by atoms with Crippen LogP contribution >= 0.6 is 0 Å². The maximum Gasteiger partial charge on any atom is 0.231 e. The summed E-state index contributed by atoms with van der Waals surface area (Å²) in [5.41, 5.74) is 0.682. The SMILES string of the molecule is COc1ccccc1NC(=O)C1CN(c2cc(-n3cccn3)ncn2)C1. The van der Waals surface area contributed by atoms with Crippen molar-refractivity contribution in [2.45, 2.75) is 0 Å². The molecule has 3 aromatic rings. The molecule has 132 valence electrons. The lowest BCUT2D eigenvalue weighted by Gasteiger charge is -2.39. The maximum atomic E-state index is 12.5. The number of hydrogen-bond donors (Lipinski definition) is 1. The van der Waals surface area contributed by atoms with Crippen molar-refractivity contribution in [3.8, 4) is 11.6 Å². The van der Waals surface area contributed by atoms with E-state index >= 15 is 0 Å². The highest BCUT2D eigenvalue weighted by Gasteiger charge is 2.34. The van der Waals surface area contributed by atoms with E-state index in [-0.39, 0.29) is 11.8 Å². The number of amides is 1. The predicted octanol–water partition coefficient (Wildman–Crippen LogP) is 1.75. The first kappa shape index (κ1) is 16.1. The quantitative estimate of drug-likeness (QED) is 0.754. The smallest absolute Gasteiger partial charge is 0.231 e. The van der Waals surface area contributed by atoms with Crippen LogP contribution in [0.15, 0.2) is 55.1 Å². The number of aromatic nitrogens is 4. The number of benzene rings is 1. The number of carbonyl (C=O) groups is 1. The predicted molar refractivity (Wildman–Crippen MR) is 96.5 cm³/mol. The summed E-state index contributed by atoms with van der Waals surface area (Å²) in [7, 11) is 1.59. The van der Waals surface area contributed by atoms with Gasteiger partial charge in [0.1, 0.15) is 17.9 Å². The summed E-state index contributed by atoms with van der Waals surface area (Å²) in [5.74, 6) is 2.01. The van der Waals surface area contributed by atoms with Gasteiger partial charge < -0.3 is 15.0 Å². The number of nitrogens with one attached hydrogen (secondary N) is 1. The van der Waals surface area contributed by atoms with Crippen molar-refractivity contribution in [1.82, 2.24) is 19.7 Å². The molecule has 4 rings (SSSR count). The van der Waals surface area contributed by atoms with Crippen molar-refractivity contribution in [2.75, 3.05) is 30.4 Å². The average Bonchev–Trinajstić information content (AvgIpc) is 3.16. The van der Waals surface area contributed by atoms with E-state index in [1.807, 2.05) is 47.5 Å². The van der Waals surface area contributed by atoms with E-state index in [1.165, 1.54) is 6.33 Å². The summed E-state index contributed by atoms with van der Waals surface area (Å²) in [4.78, 5) is 23.0. The van der Waals surface area contributed by atoms with Gasteiger partial charge in [0.05, 0.1) is 18.7 Å². The van der Waals surface area contributed by atoms with Crippen LogP contribution in [0, 0.1) is 5.92 Å². The molecule has 1 fully saturated rings. The molecule has 8 nitrogen and oxygen atoms in total. The van der Waals surface area contributed by atoms with Gasteiger partial charge in [-0.3, -0.25) is 4.79 Å². The van der Waals surface area contributed by atoms with Gasteiger partial charge in [-0.1, -0.05) is 12.1 Å². The lowest BCUT2D eigenvalue weighted by Crippen LogP contribution is -2.52. The third kappa shape index (κ3) is 3.08. The van der Waals surface area contributed by atoms with Crippen molar-refractivity contribution in [3.05, 3.63) is 55.1 Å². The lowest BCUT2D eigenvalue weighted by molar-refractivity contribution is -0.120. The van der Waals surface area contributed by atoms with Crippen LogP contribution in [0.1, 0.15) is 0 Å². The highest BCUT2D eigenvalue weighted by Crippen LogP contribution is 2.27. The summed E-state index contributed by atoms with van der Waals surface area (Å²) in [5, 5.41) is 7.10. The second-order valence-electron chi connectivity index (χ2n) is 5.98. The second kappa shape index (κ2) is 6.83. The number of para-hydroxylation sites is 2. The Hall–Kier alpha value is -3.42. The Balaban J connectivity index is 1.39. The molecule has 1 aliphatic rings. The number of carbonyl (C=O) groups excluding carboxylic acids is 1. The third-order valence-electron chi connectivity index (χ3n) is 4.32. The van der Waals surface area contributed by atoms with Gasteiger partial charge in [0.15, 0.2) is 5.82 Å². The Bertz CT molecular complexity index is 906. The van der Waals surface area contributed by atoms with E-state index in [4.69, 9.17) is 4.74 Å². The molecule has 2 aromatic heterocycles. The fourth-order valence-electron chi connectivity index (χ4n) is 2.85. The minimum absolute atomic E-state index is 0.0212. The second-order valence-corrected chi connectivity index (χ2v) is 5.98. The van der Waals surface area contributed by atoms with Gasteiger partial charge in [-0.25, -0.2) is 14.6 Å². The molecule has 0 bridgehead atoms. The van der Waals surface area contributed by atoms with Gasteiger partial charge >= 0.3 is 0 Å². The van der Waals surface area contributed by atoms with Crippen LogP contribution in [0.4, 0.5) is 11.5 Å². The van der Waals surface area contributed by atoms with Crippen LogP contribution in [0.3, 0.4) is 0 Å². The van der Waals surface area contributed by atoms with E-state index in [2.05, 4.69) is 20.4 Å². The van der Waals surface area contributed by atoms with Crippen LogP contribution in [-0.4, -0.2) is 45.9 Å². The van der Waals surface area contributed by atoms with Crippen molar-refractivity contribution in [1.29, 1.82) is 0 Å². The molecule has 1 amide bonds. The van der Waals surface area contributed by atoms with Gasteiger partial charge in [0.25, 0.3) is 0 Å². The molecule has 8 heteroatoms. The van der Waals surface area contributed by atoms with Crippen LogP contribution in [0.25, 0.3) is 5.82 Å². The molecule has 0 aliphatic carbocycles. The van der Waals surface area contributed by atoms with Crippen LogP contribution in [0.5, 0.6) is 5.75 Å². The number of methoxy groups -OCH3 is 1. The van der Waals surface area contributed by atoms with Crippen molar-refractivity contribution in [2.24, 2.45) is 5.92 Å². The zero-order chi connectivity index (χ0) is 17.9. The fraction of sp³-hybridized carbons (Fsp3) is 0.222. The highest BCUT2D eigenvalue weighted by atomic mass is 16.5. The Morgan fingerprint density at radius 2 is 2.00 bits per heavy atom. The fourth-order valence-corrected chi connectivity index (χ4v) is 2.85. The minimum Gasteiger partial charge on any atom is -0.495 e. The number of nitrogens with zero attached hydrogens (tertiary/aromatic N) is 5. The van der Waals surface area contributed by atoms with Gasteiger partial charge in [-0.05, 0) is 18.2 Å². The molecule has 0 saturated carbocycles. The molecule has 0 radical (unpaired) electrons. The van der Waals surface area contributed by atoms with Gasteiger partial charge in [0, 0.05) is 31.5 Å². The third-order valence-corrected chi connectivity index (χ3v) is 4.32. The number of rotatable bonds is 5. The topological polar surface area (TPSA) is 85.2 Å². The zero-order valence-electron chi connectivity index (χ0n) is 14.2. The van der Waals surface area contributed by atoms with Crippen molar-refractivity contribution < 1.29 is 9.53 Å². The summed E-state index contributed by atoms with van der Waals surface area (Å²) in [6, 6.07) is 11.1. The van der Waals surface area contributed by atoms with Gasteiger partial charge in [0.2, 0.25) is 5.91 Å². The summed E-state index contributed by atoms with van der Waals surface area (Å²) >= 11 is 0. The number of hydrogen-bond acceptors (Lipinski definition) is 6. The molecule has 1 saturated heterocycles. The first-order valence-corrected chi connectivity index (χ1v) is 8.25. The molecule has 3 heterocycles. The zero-order valence-corrected chi connectivity index (χ0v) is 14.2. The molecule has 0 spiro atoms. The van der Waals surface area contributed by atoms with Gasteiger partial charge in [-0.2, -0.15) is 5.10 Å². The molecular weight excluding hydrogens is 332 g/mol. The molecule has 26 heavy (non-hydrogen) atoms. The first-order chi connectivity index (χ1) is 12.7. The molecule has 1 N–H and O–H groups in total. The van der Waals surface area contributed by atoms with E-state index < -0.39 is 0 Å². The summed E-state index contributed by atoms with van der Waals surface area (Å²) in [6.45, 7) is 1.22. The monoisotopic (exact) mass is 350 g/mol. The summed E-state index contributed by atoms with van der Waals surface area (Å²) in [6.07, 6.45) is 5.03. The molecule has 1 aliphatic heterocycles. The number of ether oxygens (including phenoxy) is 1. The maximum absolute atomic E-state index is 12.5. The molecule has 0 atom stereocenters. The number of anilines is 2.